The fraction of sp³-hybridized carbons (Fsp3) is 0.200. The van der Waals surface area contributed by atoms with E-state index in [9.17, 15) is 4.79 Å². The molecular weight excluding hydrogens is 297 g/mol. The Kier molecular flexibility index (Phi) is 3.16. The Morgan fingerprint density at radius 2 is 2.31 bits per heavy atom. The molecule has 0 fully saturated rings. The minimum Gasteiger partial charge on any atom is -0.481 e. The second-order valence-electron chi connectivity index (χ2n) is 3.24. The molecule has 2 rings (SSSR count). The van der Waals surface area contributed by atoms with Crippen LogP contribution in [0.5, 0.6) is 0 Å². The van der Waals surface area contributed by atoms with Crippen molar-refractivity contribution in [3.05, 3.63) is 27.5 Å². The zero-order valence-corrected chi connectivity index (χ0v) is 10.4. The molecule has 0 spiro atoms. The van der Waals surface area contributed by atoms with Crippen LogP contribution in [0.1, 0.15) is 12.3 Å². The third-order valence-corrected chi connectivity index (χ3v) is 2.81. The SMILES string of the molecule is O=C(O)CCc1nc2cc(Cl)cc(Br)c2o1. The molecule has 1 aromatic heterocycles. The molecule has 0 unspecified atom stereocenters. The van der Waals surface area contributed by atoms with Crippen LogP contribution in [0.4, 0.5) is 0 Å². The van der Waals surface area contributed by atoms with Crippen LogP contribution in [-0.4, -0.2) is 16.1 Å². The Balaban J connectivity index is 2.36. The molecule has 6 heteroatoms. The number of aromatic nitrogens is 1. The lowest BCUT2D eigenvalue weighted by atomic mass is 10.3. The minimum absolute atomic E-state index is 0.00181. The van der Waals surface area contributed by atoms with Gasteiger partial charge in [0.2, 0.25) is 0 Å². The van der Waals surface area contributed by atoms with E-state index in [0.717, 1.165) is 0 Å². The molecule has 4 nitrogen and oxygen atoms in total. The first-order valence-electron chi connectivity index (χ1n) is 4.52. The molecular formula is C10H7BrClNO3. The monoisotopic (exact) mass is 303 g/mol. The van der Waals surface area contributed by atoms with Gasteiger partial charge in [-0.05, 0) is 28.1 Å². The number of hydrogen-bond donors (Lipinski definition) is 1. The van der Waals surface area contributed by atoms with E-state index in [1.807, 2.05) is 0 Å². The number of oxazole rings is 1. The number of aliphatic carboxylic acids is 1. The van der Waals surface area contributed by atoms with Crippen LogP contribution < -0.4 is 0 Å². The van der Waals surface area contributed by atoms with Crippen molar-refractivity contribution in [2.24, 2.45) is 0 Å². The highest BCUT2D eigenvalue weighted by atomic mass is 79.9. The van der Waals surface area contributed by atoms with Crippen molar-refractivity contribution >= 4 is 44.6 Å². The number of nitrogens with zero attached hydrogens (tertiary/aromatic N) is 1. The first kappa shape index (κ1) is 11.4. The second kappa shape index (κ2) is 4.43. The maximum atomic E-state index is 10.4. The predicted molar refractivity (Wildman–Crippen MR) is 62.7 cm³/mol. The van der Waals surface area contributed by atoms with Crippen LogP contribution >= 0.6 is 27.5 Å². The van der Waals surface area contributed by atoms with Crippen molar-refractivity contribution in [3.8, 4) is 0 Å². The molecule has 0 amide bonds. The molecule has 84 valence electrons. The summed E-state index contributed by atoms with van der Waals surface area (Å²) in [6.07, 6.45) is 0.270. The number of halogens is 2. The molecule has 0 saturated heterocycles. The predicted octanol–water partition coefficient (Wildman–Crippen LogP) is 3.26. The maximum Gasteiger partial charge on any atom is 0.303 e. The number of rotatable bonds is 3. The van der Waals surface area contributed by atoms with Crippen molar-refractivity contribution in [1.82, 2.24) is 4.98 Å². The quantitative estimate of drug-likeness (QED) is 0.945. The van der Waals surface area contributed by atoms with E-state index in [1.54, 1.807) is 12.1 Å². The van der Waals surface area contributed by atoms with Crippen LogP contribution in [0.25, 0.3) is 11.1 Å². The van der Waals surface area contributed by atoms with E-state index in [0.29, 0.717) is 26.5 Å². The minimum atomic E-state index is -0.876. The van der Waals surface area contributed by atoms with Crippen LogP contribution in [0.2, 0.25) is 5.02 Å². The Bertz CT molecular complexity index is 552. The van der Waals surface area contributed by atoms with Gasteiger partial charge >= 0.3 is 5.97 Å². The molecule has 0 saturated carbocycles. The number of hydrogen-bond acceptors (Lipinski definition) is 3. The summed E-state index contributed by atoms with van der Waals surface area (Å²) in [5, 5.41) is 9.10. The standard InChI is InChI=1S/C10H7BrClNO3/c11-6-3-5(12)4-7-10(6)16-8(13-7)1-2-9(14)15/h3-4H,1-2H2,(H,14,15). The van der Waals surface area contributed by atoms with Crippen LogP contribution in [-0.2, 0) is 11.2 Å². The van der Waals surface area contributed by atoms with Gasteiger partial charge in [0, 0.05) is 11.4 Å². The number of carboxylic acid groups (broad SMARTS) is 1. The molecule has 0 atom stereocenters. The van der Waals surface area contributed by atoms with E-state index in [-0.39, 0.29) is 12.8 Å². The fourth-order valence-electron chi connectivity index (χ4n) is 1.33. The lowest BCUT2D eigenvalue weighted by molar-refractivity contribution is -0.137. The first-order valence-corrected chi connectivity index (χ1v) is 5.69. The smallest absolute Gasteiger partial charge is 0.303 e. The highest BCUT2D eigenvalue weighted by Gasteiger charge is 2.11. The zero-order chi connectivity index (χ0) is 11.7. The topological polar surface area (TPSA) is 63.3 Å². The Labute approximate surface area is 104 Å². The molecule has 16 heavy (non-hydrogen) atoms. The number of aryl methyl sites for hydroxylation is 1. The second-order valence-corrected chi connectivity index (χ2v) is 4.53. The summed E-state index contributed by atoms with van der Waals surface area (Å²) in [6, 6.07) is 3.38. The van der Waals surface area contributed by atoms with Gasteiger partial charge in [-0.15, -0.1) is 0 Å². The van der Waals surface area contributed by atoms with Gasteiger partial charge in [-0.25, -0.2) is 4.98 Å². The average Bonchev–Trinajstić information content (AvgIpc) is 2.57. The summed E-state index contributed by atoms with van der Waals surface area (Å²) < 4.78 is 6.14. The lowest BCUT2D eigenvalue weighted by Crippen LogP contribution is -1.97. The molecule has 0 bridgehead atoms. The lowest BCUT2D eigenvalue weighted by Gasteiger charge is -1.92. The number of benzene rings is 1. The normalized spacial score (nSPS) is 10.9. The highest BCUT2D eigenvalue weighted by Crippen LogP contribution is 2.28. The fourth-order valence-corrected chi connectivity index (χ4v) is 2.20. The molecule has 1 N–H and O–H groups in total. The Morgan fingerprint density at radius 1 is 1.56 bits per heavy atom. The van der Waals surface area contributed by atoms with Gasteiger partial charge in [-0.3, -0.25) is 4.79 Å². The molecule has 2 aromatic rings. The number of carbonyl (C=O) groups is 1. The van der Waals surface area contributed by atoms with Crippen molar-refractivity contribution < 1.29 is 14.3 Å². The third kappa shape index (κ3) is 2.36. The van der Waals surface area contributed by atoms with Crippen LogP contribution in [0.15, 0.2) is 21.0 Å². The summed E-state index contributed by atoms with van der Waals surface area (Å²) in [4.78, 5) is 14.6. The van der Waals surface area contributed by atoms with E-state index in [1.165, 1.54) is 0 Å². The van der Waals surface area contributed by atoms with E-state index in [4.69, 9.17) is 21.1 Å². The molecule has 0 radical (unpaired) electrons. The van der Waals surface area contributed by atoms with E-state index < -0.39 is 5.97 Å². The average molecular weight is 305 g/mol. The molecule has 0 aliphatic carbocycles. The van der Waals surface area contributed by atoms with E-state index in [2.05, 4.69) is 20.9 Å². The van der Waals surface area contributed by atoms with Crippen molar-refractivity contribution in [1.29, 1.82) is 0 Å². The summed E-state index contributed by atoms with van der Waals surface area (Å²) in [6.45, 7) is 0. The maximum absolute atomic E-state index is 10.4. The number of carboxylic acids is 1. The highest BCUT2D eigenvalue weighted by molar-refractivity contribution is 9.10. The summed E-state index contributed by atoms with van der Waals surface area (Å²) in [5.74, 6) is -0.472. The van der Waals surface area contributed by atoms with Crippen molar-refractivity contribution in [2.75, 3.05) is 0 Å². The van der Waals surface area contributed by atoms with Crippen molar-refractivity contribution in [3.63, 3.8) is 0 Å². The third-order valence-electron chi connectivity index (χ3n) is 2.01. The molecule has 1 aromatic carbocycles. The molecule has 0 aliphatic rings. The summed E-state index contributed by atoms with van der Waals surface area (Å²) in [5.41, 5.74) is 1.21. The Morgan fingerprint density at radius 3 is 3.00 bits per heavy atom. The Hall–Kier alpha value is -1.07. The van der Waals surface area contributed by atoms with Gasteiger partial charge in [0.05, 0.1) is 10.9 Å². The van der Waals surface area contributed by atoms with Gasteiger partial charge in [-0.2, -0.15) is 0 Å². The van der Waals surface area contributed by atoms with Gasteiger partial charge in [-0.1, -0.05) is 11.6 Å². The van der Waals surface area contributed by atoms with Crippen LogP contribution in [0.3, 0.4) is 0 Å². The number of fused-ring (bicyclic) bond motifs is 1. The summed E-state index contributed by atoms with van der Waals surface area (Å²) >= 11 is 9.16. The van der Waals surface area contributed by atoms with Crippen LogP contribution in [0, 0.1) is 0 Å². The first-order chi connectivity index (χ1) is 7.56. The van der Waals surface area contributed by atoms with Gasteiger partial charge in [0.1, 0.15) is 5.52 Å². The van der Waals surface area contributed by atoms with E-state index >= 15 is 0 Å². The zero-order valence-electron chi connectivity index (χ0n) is 8.04. The van der Waals surface area contributed by atoms with Gasteiger partial charge < -0.3 is 9.52 Å². The molecule has 0 aliphatic heterocycles. The molecule has 1 heterocycles. The summed E-state index contributed by atoms with van der Waals surface area (Å²) in [7, 11) is 0. The largest absolute Gasteiger partial charge is 0.481 e. The van der Waals surface area contributed by atoms with Gasteiger partial charge in [0.15, 0.2) is 11.5 Å². The van der Waals surface area contributed by atoms with Gasteiger partial charge in [0.25, 0.3) is 0 Å². The van der Waals surface area contributed by atoms with Crippen molar-refractivity contribution in [2.45, 2.75) is 12.8 Å².